The summed E-state index contributed by atoms with van der Waals surface area (Å²) in [6.45, 7) is 5.44. The fourth-order valence-corrected chi connectivity index (χ4v) is 3.43. The van der Waals surface area contributed by atoms with Gasteiger partial charge in [-0.1, -0.05) is 5.16 Å². The fraction of sp³-hybridized carbons (Fsp3) is 0.750. The fourth-order valence-electron chi connectivity index (χ4n) is 3.43. The molecule has 1 aliphatic heterocycles. The van der Waals surface area contributed by atoms with Gasteiger partial charge < -0.3 is 14.4 Å². The molecule has 0 aromatic carbocycles. The molecule has 1 saturated carbocycles. The third-order valence-corrected chi connectivity index (χ3v) is 4.93. The number of aryl methyl sites for hydroxylation is 1. The second-order valence-corrected chi connectivity index (χ2v) is 6.99. The van der Waals surface area contributed by atoms with E-state index in [1.54, 1.807) is 0 Å². The molecule has 2 aromatic rings. The minimum Gasteiger partial charge on any atom is -0.340 e. The molecule has 2 aromatic heterocycles. The molecular weight excluding hydrogens is 306 g/mol. The molecule has 1 N–H and O–H groups in total. The number of nitrogens with one attached hydrogen (secondary N) is 1. The number of piperidine rings is 1. The highest BCUT2D eigenvalue weighted by Crippen LogP contribution is 2.38. The van der Waals surface area contributed by atoms with Crippen molar-refractivity contribution in [3.05, 3.63) is 23.4 Å². The van der Waals surface area contributed by atoms with Gasteiger partial charge in [-0.15, -0.1) is 10.2 Å². The number of aromatic nitrogens is 5. The molecular formula is C16H25N7O. The first-order valence-electron chi connectivity index (χ1n) is 8.82. The van der Waals surface area contributed by atoms with Crippen LogP contribution in [-0.2, 0) is 20.1 Å². The highest BCUT2D eigenvalue weighted by atomic mass is 16.5. The Balaban J connectivity index is 1.30. The summed E-state index contributed by atoms with van der Waals surface area (Å²) < 4.78 is 7.22. The summed E-state index contributed by atoms with van der Waals surface area (Å²) in [5.41, 5.74) is 0. The topological polar surface area (TPSA) is 84.9 Å². The average molecular weight is 331 g/mol. The van der Waals surface area contributed by atoms with Crippen molar-refractivity contribution in [2.45, 2.75) is 57.7 Å². The minimum atomic E-state index is 0.466. The number of nitrogens with zero attached hydrogens (tertiary/aromatic N) is 6. The van der Waals surface area contributed by atoms with E-state index in [9.17, 15) is 0 Å². The second-order valence-electron chi connectivity index (χ2n) is 6.99. The maximum absolute atomic E-state index is 5.06. The first-order valence-corrected chi connectivity index (χ1v) is 8.82. The van der Waals surface area contributed by atoms with E-state index in [2.05, 4.69) is 42.2 Å². The van der Waals surface area contributed by atoms with Crippen molar-refractivity contribution in [3.63, 3.8) is 0 Å². The summed E-state index contributed by atoms with van der Waals surface area (Å²) >= 11 is 0. The molecule has 1 saturated heterocycles. The predicted molar refractivity (Wildman–Crippen MR) is 87.2 cm³/mol. The van der Waals surface area contributed by atoms with Gasteiger partial charge in [-0.25, -0.2) is 0 Å². The van der Waals surface area contributed by atoms with Crippen LogP contribution in [0.5, 0.6) is 0 Å². The lowest BCUT2D eigenvalue weighted by Gasteiger charge is -2.32. The Morgan fingerprint density at radius 1 is 1.25 bits per heavy atom. The maximum atomic E-state index is 5.06. The van der Waals surface area contributed by atoms with Crippen LogP contribution in [0.25, 0.3) is 0 Å². The summed E-state index contributed by atoms with van der Waals surface area (Å²) in [6, 6.07) is 0.466. The van der Waals surface area contributed by atoms with Crippen molar-refractivity contribution in [2.75, 3.05) is 13.1 Å². The molecule has 1 atom stereocenters. The van der Waals surface area contributed by atoms with E-state index in [1.165, 1.54) is 25.7 Å². The normalized spacial score (nSPS) is 22.2. The molecule has 8 nitrogen and oxygen atoms in total. The number of likely N-dealkylation sites (tertiary alicyclic amines) is 1. The zero-order chi connectivity index (χ0) is 16.5. The monoisotopic (exact) mass is 331 g/mol. The van der Waals surface area contributed by atoms with Crippen LogP contribution >= 0.6 is 0 Å². The standard InChI is InChI=1S/C16H25N7O/c1-11-18-14(21-24-11)10-23-7-3-4-13(9-23)17-8-15-19-20-16(22(15)2)12-5-6-12/h12-13,17H,3-10H2,1-2H3/t13-/m1/s1. The Labute approximate surface area is 141 Å². The summed E-state index contributed by atoms with van der Waals surface area (Å²) in [5.74, 6) is 4.22. The SMILES string of the molecule is Cc1nc(CN2CCC[C@@H](NCc3nnc(C4CC4)n3C)C2)no1. The number of rotatable bonds is 6. The molecule has 2 fully saturated rings. The molecule has 0 radical (unpaired) electrons. The molecule has 3 heterocycles. The molecule has 130 valence electrons. The first-order chi connectivity index (χ1) is 11.7. The van der Waals surface area contributed by atoms with E-state index in [-0.39, 0.29) is 0 Å². The molecule has 24 heavy (non-hydrogen) atoms. The van der Waals surface area contributed by atoms with Crippen LogP contribution in [-0.4, -0.2) is 48.9 Å². The predicted octanol–water partition coefficient (Wildman–Crippen LogP) is 1.14. The van der Waals surface area contributed by atoms with Crippen LogP contribution in [0.15, 0.2) is 4.52 Å². The van der Waals surface area contributed by atoms with Gasteiger partial charge in [-0.3, -0.25) is 4.90 Å². The third kappa shape index (κ3) is 3.49. The number of hydrogen-bond donors (Lipinski definition) is 1. The largest absolute Gasteiger partial charge is 0.340 e. The van der Waals surface area contributed by atoms with Gasteiger partial charge in [0.25, 0.3) is 0 Å². The molecule has 1 aliphatic carbocycles. The van der Waals surface area contributed by atoms with Crippen molar-refractivity contribution in [1.82, 2.24) is 35.1 Å². The van der Waals surface area contributed by atoms with Gasteiger partial charge in [0.1, 0.15) is 11.6 Å². The van der Waals surface area contributed by atoms with E-state index in [0.717, 1.165) is 43.7 Å². The summed E-state index contributed by atoms with van der Waals surface area (Å²) in [6.07, 6.45) is 4.88. The van der Waals surface area contributed by atoms with E-state index >= 15 is 0 Å². The van der Waals surface area contributed by atoms with E-state index in [4.69, 9.17) is 4.52 Å². The molecule has 0 bridgehead atoms. The van der Waals surface area contributed by atoms with Crippen LogP contribution in [0, 0.1) is 6.92 Å². The second kappa shape index (κ2) is 6.60. The molecule has 0 amide bonds. The van der Waals surface area contributed by atoms with Crippen LogP contribution in [0.2, 0.25) is 0 Å². The minimum absolute atomic E-state index is 0.466. The van der Waals surface area contributed by atoms with Crippen molar-refractivity contribution in [2.24, 2.45) is 7.05 Å². The third-order valence-electron chi connectivity index (χ3n) is 4.93. The molecule has 2 aliphatic rings. The maximum Gasteiger partial charge on any atom is 0.223 e. The Hall–Kier alpha value is -1.80. The van der Waals surface area contributed by atoms with Gasteiger partial charge in [0.15, 0.2) is 5.82 Å². The van der Waals surface area contributed by atoms with E-state index in [1.807, 2.05) is 6.92 Å². The Morgan fingerprint density at radius 3 is 2.88 bits per heavy atom. The Bertz CT molecular complexity index is 690. The van der Waals surface area contributed by atoms with Crippen molar-refractivity contribution < 1.29 is 4.52 Å². The van der Waals surface area contributed by atoms with Crippen LogP contribution in [0.4, 0.5) is 0 Å². The molecule has 0 unspecified atom stereocenters. The lowest BCUT2D eigenvalue weighted by atomic mass is 10.1. The van der Waals surface area contributed by atoms with Gasteiger partial charge in [0, 0.05) is 32.5 Å². The molecule has 8 heteroatoms. The van der Waals surface area contributed by atoms with Gasteiger partial charge >= 0.3 is 0 Å². The van der Waals surface area contributed by atoms with Crippen molar-refractivity contribution in [3.8, 4) is 0 Å². The average Bonchev–Trinajstić information content (AvgIpc) is 3.24. The van der Waals surface area contributed by atoms with Crippen molar-refractivity contribution >= 4 is 0 Å². The summed E-state index contributed by atoms with van der Waals surface area (Å²) in [7, 11) is 2.08. The van der Waals surface area contributed by atoms with Gasteiger partial charge in [0.2, 0.25) is 5.89 Å². The smallest absolute Gasteiger partial charge is 0.223 e. The van der Waals surface area contributed by atoms with Crippen LogP contribution < -0.4 is 5.32 Å². The van der Waals surface area contributed by atoms with Gasteiger partial charge in [0.05, 0.1) is 13.1 Å². The highest BCUT2D eigenvalue weighted by Gasteiger charge is 2.29. The summed E-state index contributed by atoms with van der Waals surface area (Å²) in [5, 5.41) is 16.3. The van der Waals surface area contributed by atoms with Gasteiger partial charge in [-0.2, -0.15) is 4.98 Å². The van der Waals surface area contributed by atoms with Crippen molar-refractivity contribution in [1.29, 1.82) is 0 Å². The highest BCUT2D eigenvalue weighted by molar-refractivity contribution is 5.07. The van der Waals surface area contributed by atoms with Crippen LogP contribution in [0.3, 0.4) is 0 Å². The van der Waals surface area contributed by atoms with E-state index < -0.39 is 0 Å². The first kappa shape index (κ1) is 15.7. The number of hydrogen-bond acceptors (Lipinski definition) is 7. The summed E-state index contributed by atoms with van der Waals surface area (Å²) in [4.78, 5) is 6.69. The van der Waals surface area contributed by atoms with Crippen LogP contribution in [0.1, 0.15) is 55.0 Å². The van der Waals surface area contributed by atoms with E-state index in [0.29, 0.717) is 17.9 Å². The zero-order valence-electron chi connectivity index (χ0n) is 14.4. The zero-order valence-corrected chi connectivity index (χ0v) is 14.4. The Kier molecular flexibility index (Phi) is 4.32. The lowest BCUT2D eigenvalue weighted by Crippen LogP contribution is -2.45. The van der Waals surface area contributed by atoms with Gasteiger partial charge in [-0.05, 0) is 32.2 Å². The Morgan fingerprint density at radius 2 is 2.12 bits per heavy atom. The quantitative estimate of drug-likeness (QED) is 0.849. The molecule has 4 rings (SSSR count). The lowest BCUT2D eigenvalue weighted by molar-refractivity contribution is 0.176. The molecule has 0 spiro atoms.